The quantitative estimate of drug-likeness (QED) is 0.443. The van der Waals surface area contributed by atoms with Crippen LogP contribution in [0.25, 0.3) is 22.3 Å². The molecule has 0 amide bonds. The molecule has 0 unspecified atom stereocenters. The molecule has 168 valence electrons. The van der Waals surface area contributed by atoms with Gasteiger partial charge < -0.3 is 9.31 Å². The van der Waals surface area contributed by atoms with Crippen molar-refractivity contribution in [3.8, 4) is 22.3 Å². The van der Waals surface area contributed by atoms with Gasteiger partial charge in [0.15, 0.2) is 0 Å². The molecule has 0 N–H and O–H groups in total. The first-order valence-corrected chi connectivity index (χ1v) is 12.4. The Morgan fingerprint density at radius 3 is 2.09 bits per heavy atom. The van der Waals surface area contributed by atoms with E-state index in [1.807, 2.05) is 12.4 Å². The van der Waals surface area contributed by atoms with Crippen molar-refractivity contribution in [3.63, 3.8) is 0 Å². The van der Waals surface area contributed by atoms with Crippen molar-refractivity contribution < 1.29 is 9.31 Å². The zero-order chi connectivity index (χ0) is 22.8. The summed E-state index contributed by atoms with van der Waals surface area (Å²) in [6.07, 6.45) is 9.98. The number of hydrogen-bond donors (Lipinski definition) is 0. The van der Waals surface area contributed by atoms with Gasteiger partial charge in [0.2, 0.25) is 0 Å². The minimum atomic E-state index is -0.353. The first-order chi connectivity index (χ1) is 15.8. The summed E-state index contributed by atoms with van der Waals surface area (Å²) < 4.78 is 13.2. The van der Waals surface area contributed by atoms with Gasteiger partial charge in [-0.3, -0.25) is 4.98 Å². The van der Waals surface area contributed by atoms with Crippen LogP contribution in [-0.2, 0) is 14.7 Å². The molecule has 0 atom stereocenters. The zero-order valence-corrected chi connectivity index (χ0v) is 20.2. The van der Waals surface area contributed by atoms with Crippen LogP contribution in [0.15, 0.2) is 60.9 Å². The topological polar surface area (TPSA) is 31.4 Å². The highest BCUT2D eigenvalue weighted by Gasteiger charge is 2.55. The van der Waals surface area contributed by atoms with Crippen molar-refractivity contribution in [2.75, 3.05) is 0 Å². The van der Waals surface area contributed by atoms with Gasteiger partial charge >= 0.3 is 7.12 Å². The number of pyridine rings is 1. The predicted molar refractivity (Wildman–Crippen MR) is 135 cm³/mol. The number of nitrogens with zero attached hydrogens (tertiary/aromatic N) is 1. The zero-order valence-electron chi connectivity index (χ0n) is 20.2. The minimum Gasteiger partial charge on any atom is -0.399 e. The van der Waals surface area contributed by atoms with Crippen LogP contribution in [0, 0.1) is 0 Å². The molecule has 1 spiro atoms. The van der Waals surface area contributed by atoms with Crippen LogP contribution in [0.4, 0.5) is 0 Å². The SMILES string of the molecule is CC1(C)OB(c2cccc3c2C2(CCCCC2)c2cccc(-c4ccncc4)c2-3)OC1(C)C. The minimum absolute atomic E-state index is 0.0339. The second-order valence-electron chi connectivity index (χ2n) is 11.0. The fraction of sp³-hybridized carbons (Fsp3) is 0.414. The second-order valence-corrected chi connectivity index (χ2v) is 11.0. The normalized spacial score (nSPS) is 21.8. The first-order valence-electron chi connectivity index (χ1n) is 12.4. The summed E-state index contributed by atoms with van der Waals surface area (Å²) in [7, 11) is -0.345. The lowest BCUT2D eigenvalue weighted by Gasteiger charge is -2.37. The molecule has 1 aliphatic heterocycles. The molecule has 2 fully saturated rings. The molecule has 2 aliphatic carbocycles. The molecule has 1 aromatic heterocycles. The van der Waals surface area contributed by atoms with Crippen molar-refractivity contribution in [1.82, 2.24) is 4.98 Å². The average Bonchev–Trinajstić information content (AvgIpc) is 3.22. The lowest BCUT2D eigenvalue weighted by Crippen LogP contribution is -2.42. The molecule has 3 nitrogen and oxygen atoms in total. The highest BCUT2D eigenvalue weighted by molar-refractivity contribution is 6.63. The number of fused-ring (bicyclic) bond motifs is 5. The summed E-state index contributed by atoms with van der Waals surface area (Å²) in [4.78, 5) is 4.25. The van der Waals surface area contributed by atoms with Crippen LogP contribution in [-0.4, -0.2) is 23.3 Å². The Morgan fingerprint density at radius 1 is 0.758 bits per heavy atom. The Bertz CT molecular complexity index is 1200. The van der Waals surface area contributed by atoms with E-state index >= 15 is 0 Å². The van der Waals surface area contributed by atoms with Crippen LogP contribution in [0.2, 0.25) is 0 Å². The lowest BCUT2D eigenvalue weighted by atomic mass is 9.62. The van der Waals surface area contributed by atoms with Gasteiger partial charge in [-0.25, -0.2) is 0 Å². The molecular weight excluding hydrogens is 405 g/mol. The lowest BCUT2D eigenvalue weighted by molar-refractivity contribution is 0.00578. The predicted octanol–water partition coefficient (Wildman–Crippen LogP) is 6.28. The van der Waals surface area contributed by atoms with Crippen LogP contribution in [0.3, 0.4) is 0 Å². The van der Waals surface area contributed by atoms with E-state index in [9.17, 15) is 0 Å². The van der Waals surface area contributed by atoms with Crippen molar-refractivity contribution in [1.29, 1.82) is 0 Å². The standard InChI is InChI=1S/C29H32BNO2/c1-27(2)28(3,4)33-30(32-27)24-13-9-11-22-25-21(20-14-18-31-19-15-20)10-8-12-23(25)29(26(22)24)16-6-5-7-17-29/h8-15,18-19H,5-7,16-17H2,1-4H3. The number of benzene rings is 2. The van der Waals surface area contributed by atoms with Crippen LogP contribution in [0.5, 0.6) is 0 Å². The highest BCUT2D eigenvalue weighted by Crippen LogP contribution is 2.57. The average molecular weight is 437 g/mol. The Morgan fingerprint density at radius 2 is 1.39 bits per heavy atom. The molecule has 1 saturated heterocycles. The van der Waals surface area contributed by atoms with E-state index in [2.05, 4.69) is 81.2 Å². The molecule has 0 bridgehead atoms. The van der Waals surface area contributed by atoms with E-state index < -0.39 is 0 Å². The Hall–Kier alpha value is -2.43. The van der Waals surface area contributed by atoms with Gasteiger partial charge in [0.1, 0.15) is 0 Å². The van der Waals surface area contributed by atoms with E-state index in [0.717, 1.165) is 0 Å². The van der Waals surface area contributed by atoms with Crippen LogP contribution < -0.4 is 5.46 Å². The molecule has 1 saturated carbocycles. The largest absolute Gasteiger partial charge is 0.495 e. The van der Waals surface area contributed by atoms with Gasteiger partial charge in [-0.15, -0.1) is 0 Å². The number of aromatic nitrogens is 1. The summed E-state index contributed by atoms with van der Waals surface area (Å²) in [6, 6.07) is 17.9. The van der Waals surface area contributed by atoms with E-state index in [-0.39, 0.29) is 23.7 Å². The van der Waals surface area contributed by atoms with E-state index in [1.165, 1.54) is 70.9 Å². The van der Waals surface area contributed by atoms with Crippen LogP contribution >= 0.6 is 0 Å². The highest BCUT2D eigenvalue weighted by atomic mass is 16.7. The third-order valence-corrected chi connectivity index (χ3v) is 8.63. The number of rotatable bonds is 2. The van der Waals surface area contributed by atoms with Crippen molar-refractivity contribution in [2.24, 2.45) is 0 Å². The van der Waals surface area contributed by atoms with E-state index in [0.29, 0.717) is 0 Å². The summed E-state index contributed by atoms with van der Waals surface area (Å²) >= 11 is 0. The van der Waals surface area contributed by atoms with Crippen LogP contribution in [0.1, 0.15) is 70.9 Å². The molecule has 2 heterocycles. The molecule has 3 aliphatic rings. The Kier molecular flexibility index (Phi) is 4.66. The maximum Gasteiger partial charge on any atom is 0.495 e. The Labute approximate surface area is 197 Å². The van der Waals surface area contributed by atoms with E-state index in [1.54, 1.807) is 0 Å². The fourth-order valence-corrected chi connectivity index (χ4v) is 6.30. The van der Waals surface area contributed by atoms with Gasteiger partial charge in [0.25, 0.3) is 0 Å². The molecule has 33 heavy (non-hydrogen) atoms. The van der Waals surface area contributed by atoms with Gasteiger partial charge in [-0.05, 0) is 91.5 Å². The molecule has 4 heteroatoms. The summed E-state index contributed by atoms with van der Waals surface area (Å²) in [5.74, 6) is 0. The molecule has 6 rings (SSSR count). The van der Waals surface area contributed by atoms with Crippen molar-refractivity contribution in [3.05, 3.63) is 72.1 Å². The third kappa shape index (κ3) is 3.00. The van der Waals surface area contributed by atoms with Gasteiger partial charge in [-0.1, -0.05) is 55.7 Å². The van der Waals surface area contributed by atoms with Gasteiger partial charge in [0, 0.05) is 17.8 Å². The van der Waals surface area contributed by atoms with Crippen molar-refractivity contribution in [2.45, 2.75) is 76.4 Å². The summed E-state index contributed by atoms with van der Waals surface area (Å²) in [6.45, 7) is 8.57. The second kappa shape index (κ2) is 7.28. The van der Waals surface area contributed by atoms with Crippen molar-refractivity contribution >= 4 is 12.6 Å². The molecule has 3 aromatic rings. The maximum absolute atomic E-state index is 6.59. The Balaban J connectivity index is 1.60. The monoisotopic (exact) mass is 437 g/mol. The first kappa shape index (κ1) is 21.1. The van der Waals surface area contributed by atoms with E-state index in [4.69, 9.17) is 9.31 Å². The number of hydrogen-bond acceptors (Lipinski definition) is 3. The summed E-state index contributed by atoms with van der Waals surface area (Å²) in [5.41, 5.74) is 8.73. The maximum atomic E-state index is 6.59. The fourth-order valence-electron chi connectivity index (χ4n) is 6.30. The smallest absolute Gasteiger partial charge is 0.399 e. The van der Waals surface area contributed by atoms with Gasteiger partial charge in [-0.2, -0.15) is 0 Å². The summed E-state index contributed by atoms with van der Waals surface area (Å²) in [5, 5.41) is 0. The molecule has 2 aromatic carbocycles. The molecule has 0 radical (unpaired) electrons. The van der Waals surface area contributed by atoms with Gasteiger partial charge in [0.05, 0.1) is 11.2 Å². The molecular formula is C29H32BNO2. The third-order valence-electron chi connectivity index (χ3n) is 8.63.